The monoisotopic (exact) mass is 532 g/mol. The van der Waals surface area contributed by atoms with Crippen LogP contribution >= 0.6 is 0 Å². The van der Waals surface area contributed by atoms with Gasteiger partial charge in [-0.2, -0.15) is 0 Å². The summed E-state index contributed by atoms with van der Waals surface area (Å²) in [6.45, 7) is 0. The summed E-state index contributed by atoms with van der Waals surface area (Å²) >= 11 is 0. The smallest absolute Gasteiger partial charge is 0.0549 e. The predicted octanol–water partition coefficient (Wildman–Crippen LogP) is 10.7. The van der Waals surface area contributed by atoms with Crippen molar-refractivity contribution in [2.24, 2.45) is 0 Å². The molecule has 2 heteroatoms. The Kier molecular flexibility index (Phi) is 4.21. The van der Waals surface area contributed by atoms with Crippen LogP contribution in [-0.4, -0.2) is 9.13 Å². The summed E-state index contributed by atoms with van der Waals surface area (Å²) in [5, 5.41) is 7.82. The first-order valence-corrected chi connectivity index (χ1v) is 14.5. The van der Waals surface area contributed by atoms with Crippen molar-refractivity contribution in [3.8, 4) is 33.6 Å². The van der Waals surface area contributed by atoms with E-state index in [-0.39, 0.29) is 0 Å². The summed E-state index contributed by atoms with van der Waals surface area (Å²) in [5.74, 6) is 0. The molecule has 42 heavy (non-hydrogen) atoms. The summed E-state index contributed by atoms with van der Waals surface area (Å²) < 4.78 is 4.91. The molecule has 10 rings (SSSR count). The van der Waals surface area contributed by atoms with Crippen LogP contribution in [0.5, 0.6) is 0 Å². The van der Waals surface area contributed by atoms with Crippen molar-refractivity contribution in [3.05, 3.63) is 146 Å². The highest BCUT2D eigenvalue weighted by Gasteiger charge is 2.26. The van der Waals surface area contributed by atoms with Crippen LogP contribution in [-0.2, 0) is 0 Å². The van der Waals surface area contributed by atoms with Gasteiger partial charge in [0.25, 0.3) is 0 Å². The van der Waals surface area contributed by atoms with Crippen LogP contribution in [0.15, 0.2) is 146 Å². The lowest BCUT2D eigenvalue weighted by molar-refractivity contribution is 1.17. The van der Waals surface area contributed by atoms with Crippen molar-refractivity contribution in [3.63, 3.8) is 0 Å². The number of rotatable bonds is 2. The van der Waals surface area contributed by atoms with Gasteiger partial charge in [0, 0.05) is 32.8 Å². The van der Waals surface area contributed by atoms with E-state index in [1.165, 1.54) is 88.0 Å². The Morgan fingerprint density at radius 1 is 0.333 bits per heavy atom. The molecule has 0 N–H and O–H groups in total. The van der Waals surface area contributed by atoms with Crippen molar-refractivity contribution in [2.45, 2.75) is 0 Å². The first kappa shape index (κ1) is 22.1. The van der Waals surface area contributed by atoms with Gasteiger partial charge in [-0.15, -0.1) is 0 Å². The van der Waals surface area contributed by atoms with Crippen molar-refractivity contribution in [1.82, 2.24) is 9.13 Å². The molecule has 0 bridgehead atoms. The van der Waals surface area contributed by atoms with Crippen molar-refractivity contribution < 1.29 is 0 Å². The molecule has 0 aliphatic heterocycles. The van der Waals surface area contributed by atoms with Gasteiger partial charge < -0.3 is 9.13 Å². The van der Waals surface area contributed by atoms with Crippen molar-refractivity contribution >= 4 is 54.4 Å². The van der Waals surface area contributed by atoms with Gasteiger partial charge in [-0.3, -0.25) is 0 Å². The lowest BCUT2D eigenvalue weighted by Crippen LogP contribution is -1.97. The van der Waals surface area contributed by atoms with Crippen LogP contribution in [0.3, 0.4) is 0 Å². The number of hydrogen-bond acceptors (Lipinski definition) is 0. The second kappa shape index (κ2) is 7.99. The van der Waals surface area contributed by atoms with E-state index in [1.54, 1.807) is 0 Å². The van der Waals surface area contributed by atoms with Gasteiger partial charge in [0.1, 0.15) is 0 Å². The van der Waals surface area contributed by atoms with Crippen LogP contribution < -0.4 is 0 Å². The number of para-hydroxylation sites is 3. The molecule has 9 aromatic rings. The maximum absolute atomic E-state index is 2.50. The van der Waals surface area contributed by atoms with Gasteiger partial charge in [0.15, 0.2) is 0 Å². The maximum Gasteiger partial charge on any atom is 0.0549 e. The third kappa shape index (κ3) is 2.69. The standard InChI is InChI=1S/C40H24N2/c1-2-13-26(14-3-1)41-32-20-6-4-15-29(32)39-35(41)23-24-36-40(39)30-16-5-7-21-33(30)42(36)34-22-10-18-28-27-17-8-11-25-12-9-19-31(37(25)27)38(28)34/h1-24H. The number of hydrogen-bond donors (Lipinski definition) is 0. The van der Waals surface area contributed by atoms with Gasteiger partial charge in [-0.25, -0.2) is 0 Å². The van der Waals surface area contributed by atoms with Crippen LogP contribution in [0.2, 0.25) is 0 Å². The Balaban J connectivity index is 1.38. The Morgan fingerprint density at radius 2 is 0.905 bits per heavy atom. The lowest BCUT2D eigenvalue weighted by Gasteiger charge is -2.14. The fourth-order valence-corrected chi connectivity index (χ4v) is 7.64. The Labute approximate surface area is 242 Å². The molecule has 0 fully saturated rings. The molecular weight excluding hydrogens is 508 g/mol. The molecule has 1 aliphatic carbocycles. The molecule has 0 saturated carbocycles. The average molecular weight is 533 g/mol. The first-order valence-electron chi connectivity index (χ1n) is 14.5. The fourth-order valence-electron chi connectivity index (χ4n) is 7.64. The normalized spacial score (nSPS) is 12.3. The van der Waals surface area contributed by atoms with E-state index < -0.39 is 0 Å². The first-order chi connectivity index (χ1) is 20.9. The van der Waals surface area contributed by atoms with Crippen LogP contribution in [0.4, 0.5) is 0 Å². The van der Waals surface area contributed by atoms with Gasteiger partial charge in [-0.1, -0.05) is 103 Å². The van der Waals surface area contributed by atoms with E-state index in [1.807, 2.05) is 0 Å². The molecule has 7 aromatic carbocycles. The minimum absolute atomic E-state index is 1.18. The molecule has 0 saturated heterocycles. The van der Waals surface area contributed by atoms with E-state index >= 15 is 0 Å². The summed E-state index contributed by atoms with van der Waals surface area (Å²) in [4.78, 5) is 0. The molecule has 2 heterocycles. The maximum atomic E-state index is 2.50. The summed E-state index contributed by atoms with van der Waals surface area (Å²) in [5.41, 5.74) is 12.6. The Morgan fingerprint density at radius 3 is 1.64 bits per heavy atom. The highest BCUT2D eigenvalue weighted by Crippen LogP contribution is 2.51. The number of fused-ring (bicyclic) bond motifs is 10. The van der Waals surface area contributed by atoms with E-state index in [9.17, 15) is 0 Å². The summed E-state index contributed by atoms with van der Waals surface area (Å²) in [7, 11) is 0. The third-order valence-electron chi connectivity index (χ3n) is 9.23. The van der Waals surface area contributed by atoms with Crippen LogP contribution in [0, 0.1) is 0 Å². The predicted molar refractivity (Wildman–Crippen MR) is 177 cm³/mol. The van der Waals surface area contributed by atoms with Crippen LogP contribution in [0.25, 0.3) is 88.0 Å². The molecule has 2 nitrogen and oxygen atoms in total. The molecule has 0 amide bonds. The summed E-state index contributed by atoms with van der Waals surface area (Å²) in [6.07, 6.45) is 0. The molecule has 1 aliphatic rings. The molecular formula is C40H24N2. The SMILES string of the molecule is c1ccc(-n2c3ccccc3c3c4c5ccccc5n(-c5cccc6c5-c5cccc7cccc-6c57)c4ccc32)cc1. The number of aromatic nitrogens is 2. The molecule has 0 atom stereocenters. The molecule has 0 spiro atoms. The zero-order valence-corrected chi connectivity index (χ0v) is 22.8. The van der Waals surface area contributed by atoms with Crippen molar-refractivity contribution in [2.75, 3.05) is 0 Å². The Hall–Kier alpha value is -5.60. The zero-order chi connectivity index (χ0) is 27.4. The van der Waals surface area contributed by atoms with E-state index in [4.69, 9.17) is 0 Å². The lowest BCUT2D eigenvalue weighted by atomic mass is 10.0. The molecule has 0 radical (unpaired) electrons. The van der Waals surface area contributed by atoms with Gasteiger partial charge in [0.2, 0.25) is 0 Å². The topological polar surface area (TPSA) is 9.86 Å². The fraction of sp³-hybridized carbons (Fsp3) is 0. The minimum Gasteiger partial charge on any atom is -0.309 e. The largest absolute Gasteiger partial charge is 0.309 e. The Bertz CT molecular complexity index is 2560. The second-order valence-electron chi connectivity index (χ2n) is 11.3. The van der Waals surface area contributed by atoms with Gasteiger partial charge >= 0.3 is 0 Å². The number of benzene rings is 7. The number of nitrogens with zero attached hydrogens (tertiary/aromatic N) is 2. The molecule has 0 unspecified atom stereocenters. The molecule has 194 valence electrons. The second-order valence-corrected chi connectivity index (χ2v) is 11.3. The molecule has 2 aromatic heterocycles. The van der Waals surface area contributed by atoms with E-state index in [0.717, 1.165) is 0 Å². The third-order valence-corrected chi connectivity index (χ3v) is 9.23. The van der Waals surface area contributed by atoms with E-state index in [0.29, 0.717) is 0 Å². The van der Waals surface area contributed by atoms with Gasteiger partial charge in [-0.05, 0) is 69.9 Å². The highest BCUT2D eigenvalue weighted by atomic mass is 15.0. The van der Waals surface area contributed by atoms with Crippen LogP contribution in [0.1, 0.15) is 0 Å². The van der Waals surface area contributed by atoms with E-state index in [2.05, 4.69) is 155 Å². The highest BCUT2D eigenvalue weighted by molar-refractivity contribution is 6.29. The van der Waals surface area contributed by atoms with Gasteiger partial charge in [0.05, 0.1) is 27.8 Å². The zero-order valence-electron chi connectivity index (χ0n) is 22.8. The quantitative estimate of drug-likeness (QED) is 0.210. The average Bonchev–Trinajstić information content (AvgIpc) is 3.69. The minimum atomic E-state index is 1.18. The van der Waals surface area contributed by atoms with Crippen molar-refractivity contribution in [1.29, 1.82) is 0 Å². The summed E-state index contributed by atoms with van der Waals surface area (Å²) in [6, 6.07) is 53.3.